The number of halogens is 1. The number of pyridine rings is 1. The number of anilines is 1. The number of likely N-dealkylation sites (tertiary alicyclic amines) is 1. The number of carbonyl (C=O) groups is 4. The highest BCUT2D eigenvalue weighted by Gasteiger charge is 2.36. The van der Waals surface area contributed by atoms with E-state index in [-0.39, 0.29) is 12.1 Å². The summed E-state index contributed by atoms with van der Waals surface area (Å²) in [6.45, 7) is -0.530. The second-order valence-electron chi connectivity index (χ2n) is 8.00. The highest BCUT2D eigenvalue weighted by molar-refractivity contribution is 5.97. The first kappa shape index (κ1) is 26.3. The Morgan fingerprint density at radius 2 is 1.89 bits per heavy atom. The van der Waals surface area contributed by atoms with Gasteiger partial charge in [-0.2, -0.15) is 0 Å². The van der Waals surface area contributed by atoms with Gasteiger partial charge in [0.2, 0.25) is 5.91 Å². The maximum atomic E-state index is 13.8. The molecule has 36 heavy (non-hydrogen) atoms. The van der Waals surface area contributed by atoms with Crippen LogP contribution in [0.4, 0.5) is 15.0 Å². The van der Waals surface area contributed by atoms with Crippen molar-refractivity contribution in [1.82, 2.24) is 20.5 Å². The van der Waals surface area contributed by atoms with E-state index in [0.717, 1.165) is 6.07 Å². The molecule has 1 aliphatic rings. The fraction of sp³-hybridized carbons (Fsp3) is 0.348. The van der Waals surface area contributed by atoms with E-state index in [2.05, 4.69) is 20.9 Å². The summed E-state index contributed by atoms with van der Waals surface area (Å²) < 4.78 is 19.3. The molecule has 0 bridgehead atoms. The molecule has 2 aromatic rings. The number of carboxylic acid groups (broad SMARTS) is 2. The molecule has 5 N–H and O–H groups in total. The van der Waals surface area contributed by atoms with E-state index in [0.29, 0.717) is 18.8 Å². The molecule has 0 spiro atoms. The van der Waals surface area contributed by atoms with Crippen LogP contribution in [0.1, 0.15) is 16.8 Å². The number of aromatic nitrogens is 1. The molecule has 12 nitrogen and oxygen atoms in total. The van der Waals surface area contributed by atoms with Gasteiger partial charge in [0.25, 0.3) is 5.91 Å². The Labute approximate surface area is 205 Å². The van der Waals surface area contributed by atoms with E-state index in [1.165, 1.54) is 23.1 Å². The first-order valence-electron chi connectivity index (χ1n) is 11.1. The molecule has 1 saturated heterocycles. The van der Waals surface area contributed by atoms with Crippen molar-refractivity contribution in [3.05, 3.63) is 60.0 Å². The predicted molar refractivity (Wildman–Crippen MR) is 124 cm³/mol. The molecule has 2 heterocycles. The average Bonchev–Trinajstić information content (AvgIpc) is 3.28. The summed E-state index contributed by atoms with van der Waals surface area (Å²) in [6, 6.07) is 8.50. The lowest BCUT2D eigenvalue weighted by molar-refractivity contribution is -0.139. The lowest BCUT2D eigenvalue weighted by Crippen LogP contribution is -2.49. The van der Waals surface area contributed by atoms with Crippen LogP contribution in [-0.4, -0.2) is 88.4 Å². The van der Waals surface area contributed by atoms with Crippen LogP contribution < -0.4 is 16.0 Å². The lowest BCUT2D eigenvalue weighted by atomic mass is 10.2. The highest BCUT2D eigenvalue weighted by Crippen LogP contribution is 2.21. The maximum absolute atomic E-state index is 13.8. The number of amides is 3. The molecule has 3 rings (SSSR count). The fourth-order valence-electron chi connectivity index (χ4n) is 3.65. The second kappa shape index (κ2) is 12.4. The Hall–Kier alpha value is -4.26. The van der Waals surface area contributed by atoms with Crippen LogP contribution in [-0.2, 0) is 14.3 Å². The summed E-state index contributed by atoms with van der Waals surface area (Å²) >= 11 is 0. The molecular weight excluding hydrogens is 477 g/mol. The van der Waals surface area contributed by atoms with Gasteiger partial charge in [0.05, 0.1) is 24.3 Å². The quantitative estimate of drug-likeness (QED) is 0.297. The molecule has 1 aliphatic heterocycles. The van der Waals surface area contributed by atoms with Crippen molar-refractivity contribution in [2.24, 2.45) is 0 Å². The first-order chi connectivity index (χ1) is 17.2. The van der Waals surface area contributed by atoms with Gasteiger partial charge in [-0.1, -0.05) is 18.2 Å². The first-order valence-corrected chi connectivity index (χ1v) is 11.1. The number of hydrogen-bond acceptors (Lipinski definition) is 7. The van der Waals surface area contributed by atoms with Crippen molar-refractivity contribution >= 4 is 29.7 Å². The van der Waals surface area contributed by atoms with Gasteiger partial charge in [-0.3, -0.25) is 9.59 Å². The normalized spacial score (nSPS) is 17.8. The molecule has 1 aromatic carbocycles. The molecule has 0 saturated carbocycles. The molecule has 0 aliphatic carbocycles. The Bertz CT molecular complexity index is 1090. The summed E-state index contributed by atoms with van der Waals surface area (Å²) in [7, 11) is 0. The number of rotatable bonds is 11. The summed E-state index contributed by atoms with van der Waals surface area (Å²) in [5.41, 5.74) is -0.324. The largest absolute Gasteiger partial charge is 0.480 e. The second-order valence-corrected chi connectivity index (χ2v) is 8.00. The van der Waals surface area contributed by atoms with Crippen molar-refractivity contribution in [3.63, 3.8) is 0 Å². The number of aliphatic carboxylic acids is 1. The minimum absolute atomic E-state index is 0.0631. The topological polar surface area (TPSA) is 170 Å². The zero-order chi connectivity index (χ0) is 26.1. The zero-order valence-electron chi connectivity index (χ0n) is 19.1. The van der Waals surface area contributed by atoms with Gasteiger partial charge in [-0.05, 0) is 30.7 Å². The molecule has 13 heteroatoms. The fourth-order valence-corrected chi connectivity index (χ4v) is 3.65. The number of hydrogen-bond donors (Lipinski definition) is 5. The molecule has 192 valence electrons. The minimum Gasteiger partial charge on any atom is -0.480 e. The van der Waals surface area contributed by atoms with Crippen LogP contribution in [0.25, 0.3) is 0 Å². The molecular formula is C23H26FN5O7. The van der Waals surface area contributed by atoms with Gasteiger partial charge >= 0.3 is 12.1 Å². The summed E-state index contributed by atoms with van der Waals surface area (Å²) in [5.74, 6) is -3.22. The molecule has 3 atom stereocenters. The lowest BCUT2D eigenvalue weighted by Gasteiger charge is -2.21. The third-order valence-corrected chi connectivity index (χ3v) is 5.48. The van der Waals surface area contributed by atoms with Crippen LogP contribution in [0, 0.1) is 5.82 Å². The number of nitrogens with zero attached hydrogens (tertiary/aromatic N) is 2. The number of ether oxygens (including phenoxy) is 1. The zero-order valence-corrected chi connectivity index (χ0v) is 19.1. The number of benzene rings is 1. The van der Waals surface area contributed by atoms with Gasteiger partial charge in [0, 0.05) is 19.3 Å². The third kappa shape index (κ3) is 7.37. The Kier molecular flexibility index (Phi) is 9.11. The monoisotopic (exact) mass is 503 g/mol. The van der Waals surface area contributed by atoms with Gasteiger partial charge in [0.1, 0.15) is 24.3 Å². The minimum atomic E-state index is -1.50. The Morgan fingerprint density at radius 1 is 1.14 bits per heavy atom. The Balaban J connectivity index is 1.45. The van der Waals surface area contributed by atoms with Crippen LogP contribution in [0.15, 0.2) is 48.7 Å². The van der Waals surface area contributed by atoms with Gasteiger partial charge in [-0.25, -0.2) is 19.0 Å². The van der Waals surface area contributed by atoms with Crippen molar-refractivity contribution in [3.8, 4) is 0 Å². The third-order valence-electron chi connectivity index (χ3n) is 5.48. The van der Waals surface area contributed by atoms with E-state index in [9.17, 15) is 33.8 Å². The molecule has 1 fully saturated rings. The summed E-state index contributed by atoms with van der Waals surface area (Å²) in [6.07, 6.45) is 0.291. The van der Waals surface area contributed by atoms with Crippen molar-refractivity contribution in [2.75, 3.05) is 31.6 Å². The summed E-state index contributed by atoms with van der Waals surface area (Å²) in [5, 5.41) is 26.4. The van der Waals surface area contributed by atoms with Crippen molar-refractivity contribution in [2.45, 2.75) is 24.6 Å². The van der Waals surface area contributed by atoms with Gasteiger partial charge in [0.15, 0.2) is 0 Å². The number of nitrogens with one attached hydrogen (secondary N) is 3. The van der Waals surface area contributed by atoms with E-state index in [1.807, 2.05) is 0 Å². The molecule has 0 radical (unpaired) electrons. The Morgan fingerprint density at radius 3 is 2.56 bits per heavy atom. The van der Waals surface area contributed by atoms with Crippen molar-refractivity contribution in [1.29, 1.82) is 0 Å². The van der Waals surface area contributed by atoms with Gasteiger partial charge < -0.3 is 35.8 Å². The number of carbonyl (C=O) groups excluding carboxylic acids is 2. The van der Waals surface area contributed by atoms with Gasteiger partial charge in [-0.15, -0.1) is 0 Å². The summed E-state index contributed by atoms with van der Waals surface area (Å²) in [4.78, 5) is 52.8. The van der Waals surface area contributed by atoms with E-state index in [1.54, 1.807) is 24.4 Å². The molecule has 1 aromatic heterocycles. The standard InChI is InChI=1S/C23H26FN5O7/c24-17-6-2-1-5-16(17)21(31)28-18(22(32)33)11-27-20(30)13-36-15-9-14(29(12-15)23(34)35)10-26-19-7-3-4-8-25-19/h1-8,14-15,18H,9-13H2,(H,25,26)(H,27,30)(H,28,31)(H,32,33)(H,34,35). The highest BCUT2D eigenvalue weighted by atomic mass is 19.1. The number of carboxylic acids is 1. The van der Waals surface area contributed by atoms with E-state index >= 15 is 0 Å². The van der Waals surface area contributed by atoms with E-state index in [4.69, 9.17) is 4.74 Å². The molecule has 3 amide bonds. The smallest absolute Gasteiger partial charge is 0.407 e. The maximum Gasteiger partial charge on any atom is 0.407 e. The predicted octanol–water partition coefficient (Wildman–Crippen LogP) is 0.770. The van der Waals surface area contributed by atoms with Crippen LogP contribution >= 0.6 is 0 Å². The van der Waals surface area contributed by atoms with Crippen molar-refractivity contribution < 1.29 is 38.5 Å². The van der Waals surface area contributed by atoms with E-state index < -0.39 is 61.0 Å². The van der Waals surface area contributed by atoms with Crippen LogP contribution in [0.3, 0.4) is 0 Å². The average molecular weight is 503 g/mol. The molecule has 3 unspecified atom stereocenters. The van der Waals surface area contributed by atoms with Crippen LogP contribution in [0.5, 0.6) is 0 Å². The van der Waals surface area contributed by atoms with Crippen LogP contribution in [0.2, 0.25) is 0 Å². The SMILES string of the molecule is O=C(COC1CC(CNc2ccccn2)N(C(=O)O)C1)NCC(NC(=O)c1ccccc1F)C(=O)O.